The van der Waals surface area contributed by atoms with Crippen molar-refractivity contribution >= 4 is 17.3 Å². The first-order valence-corrected chi connectivity index (χ1v) is 3.07. The maximum Gasteiger partial charge on any atom is 0.0819 e. The molecule has 0 aromatic heterocycles. The number of anilines is 1. The van der Waals surface area contributed by atoms with Gasteiger partial charge in [-0.1, -0.05) is 11.6 Å². The molecule has 0 unspecified atom stereocenters. The van der Waals surface area contributed by atoms with Crippen LogP contribution in [-0.2, 0) is 0 Å². The second-order valence-corrected chi connectivity index (χ2v) is 2.26. The van der Waals surface area contributed by atoms with Crippen molar-refractivity contribution in [3.8, 4) is 0 Å². The summed E-state index contributed by atoms with van der Waals surface area (Å²) in [6.45, 7) is 0. The number of halogens is 1. The fourth-order valence-corrected chi connectivity index (χ4v) is 0.720. The van der Waals surface area contributed by atoms with E-state index in [2.05, 4.69) is 0 Å². The summed E-state index contributed by atoms with van der Waals surface area (Å²) in [6, 6.07) is 6.52. The van der Waals surface area contributed by atoms with Crippen LogP contribution in [0.4, 0.5) is 5.69 Å². The van der Waals surface area contributed by atoms with Crippen molar-refractivity contribution in [2.45, 2.75) is 0 Å². The molecule has 0 aliphatic heterocycles. The smallest absolute Gasteiger partial charge is 0.0819 e. The van der Waals surface area contributed by atoms with Crippen molar-refractivity contribution in [2.24, 2.45) is 5.84 Å². The van der Waals surface area contributed by atoms with E-state index in [-0.39, 0.29) is 0 Å². The molecular weight excluding hydrogens is 152 g/mol. The van der Waals surface area contributed by atoms with Crippen molar-refractivity contribution < 1.29 is 5.21 Å². The Morgan fingerprint density at radius 1 is 1.30 bits per heavy atom. The number of nitrogens with two attached hydrogens (primary N) is 1. The van der Waals surface area contributed by atoms with Gasteiger partial charge in [0.2, 0.25) is 0 Å². The molecule has 4 heteroatoms. The molecule has 1 rings (SSSR count). The van der Waals surface area contributed by atoms with Gasteiger partial charge < -0.3 is 0 Å². The Hall–Kier alpha value is -0.770. The highest BCUT2D eigenvalue weighted by Gasteiger charge is 1.94. The van der Waals surface area contributed by atoms with Crippen LogP contribution in [0.3, 0.4) is 0 Å². The Morgan fingerprint density at radius 3 is 2.20 bits per heavy atom. The van der Waals surface area contributed by atoms with Gasteiger partial charge in [-0.3, -0.25) is 5.21 Å². The highest BCUT2D eigenvalue weighted by atomic mass is 35.5. The predicted molar refractivity (Wildman–Crippen MR) is 39.9 cm³/mol. The van der Waals surface area contributed by atoms with Crippen molar-refractivity contribution in [1.82, 2.24) is 0 Å². The minimum absolute atomic E-state index is 0.504. The van der Waals surface area contributed by atoms with Crippen molar-refractivity contribution in [2.75, 3.05) is 5.17 Å². The minimum atomic E-state index is 0.504. The quantitative estimate of drug-likeness (QED) is 0.480. The summed E-state index contributed by atoms with van der Waals surface area (Å²) in [7, 11) is 0. The summed E-state index contributed by atoms with van der Waals surface area (Å²) >= 11 is 5.58. The van der Waals surface area contributed by atoms with E-state index in [1.807, 2.05) is 0 Å². The molecule has 0 radical (unpaired) electrons. The fraction of sp³-hybridized carbons (Fsp3) is 0. The Labute approximate surface area is 63.6 Å². The number of nitrogens with zero attached hydrogens (tertiary/aromatic N) is 1. The predicted octanol–water partition coefficient (Wildman–Crippen LogP) is 1.41. The summed E-state index contributed by atoms with van der Waals surface area (Å²) in [6.07, 6.45) is 0. The number of rotatable bonds is 1. The lowest BCUT2D eigenvalue weighted by Crippen LogP contribution is -2.25. The average molecular weight is 159 g/mol. The summed E-state index contributed by atoms with van der Waals surface area (Å²) < 4.78 is 0. The van der Waals surface area contributed by atoms with Gasteiger partial charge in [-0.25, -0.2) is 5.84 Å². The van der Waals surface area contributed by atoms with Crippen molar-refractivity contribution in [1.29, 1.82) is 0 Å². The summed E-state index contributed by atoms with van der Waals surface area (Å²) in [4.78, 5) is 0. The van der Waals surface area contributed by atoms with Crippen LogP contribution in [0.5, 0.6) is 0 Å². The second-order valence-electron chi connectivity index (χ2n) is 1.82. The summed E-state index contributed by atoms with van der Waals surface area (Å²) in [5, 5.41) is 9.84. The maximum atomic E-state index is 8.68. The molecule has 0 atom stereocenters. The second kappa shape index (κ2) is 2.88. The minimum Gasteiger partial charge on any atom is -0.273 e. The third-order valence-electron chi connectivity index (χ3n) is 1.09. The standard InChI is InChI=1S/C6H7ClN2O/c7-5-1-3-6(4-2-5)9(8)10/h1-4,10H,8H2. The van der Waals surface area contributed by atoms with Crippen LogP contribution in [-0.4, -0.2) is 5.21 Å². The molecule has 0 aliphatic rings. The van der Waals surface area contributed by atoms with E-state index in [0.29, 0.717) is 15.9 Å². The lowest BCUT2D eigenvalue weighted by Gasteiger charge is -2.07. The zero-order valence-corrected chi connectivity index (χ0v) is 5.92. The third kappa shape index (κ3) is 1.60. The molecule has 0 amide bonds. The van der Waals surface area contributed by atoms with E-state index >= 15 is 0 Å². The Balaban J connectivity index is 2.89. The van der Waals surface area contributed by atoms with Crippen LogP contribution in [0.2, 0.25) is 5.02 Å². The molecule has 0 heterocycles. The first kappa shape index (κ1) is 7.34. The van der Waals surface area contributed by atoms with Crippen LogP contribution in [0.15, 0.2) is 24.3 Å². The number of hydrogen-bond acceptors (Lipinski definition) is 3. The molecule has 10 heavy (non-hydrogen) atoms. The van der Waals surface area contributed by atoms with Crippen molar-refractivity contribution in [3.05, 3.63) is 29.3 Å². The molecule has 0 spiro atoms. The molecule has 0 bridgehead atoms. The van der Waals surface area contributed by atoms with Crippen LogP contribution < -0.4 is 11.0 Å². The van der Waals surface area contributed by atoms with E-state index in [0.717, 1.165) is 0 Å². The van der Waals surface area contributed by atoms with E-state index < -0.39 is 0 Å². The van der Waals surface area contributed by atoms with Crippen LogP contribution in [0.25, 0.3) is 0 Å². The van der Waals surface area contributed by atoms with Crippen LogP contribution in [0, 0.1) is 0 Å². The van der Waals surface area contributed by atoms with E-state index in [1.54, 1.807) is 24.3 Å². The molecule has 1 aromatic carbocycles. The van der Waals surface area contributed by atoms with Crippen LogP contribution >= 0.6 is 11.6 Å². The van der Waals surface area contributed by atoms with Gasteiger partial charge in [-0.2, -0.15) is 5.17 Å². The first-order chi connectivity index (χ1) is 4.70. The zero-order chi connectivity index (χ0) is 7.56. The molecule has 0 aliphatic carbocycles. The van der Waals surface area contributed by atoms with Gasteiger partial charge in [-0.15, -0.1) is 0 Å². The van der Waals surface area contributed by atoms with Gasteiger partial charge in [0.05, 0.1) is 5.69 Å². The van der Waals surface area contributed by atoms with Gasteiger partial charge in [0.15, 0.2) is 0 Å². The molecule has 0 fully saturated rings. The molecule has 0 saturated carbocycles. The van der Waals surface area contributed by atoms with Crippen LogP contribution in [0.1, 0.15) is 0 Å². The van der Waals surface area contributed by atoms with Gasteiger partial charge in [0, 0.05) is 5.02 Å². The highest BCUT2D eigenvalue weighted by molar-refractivity contribution is 6.30. The molecule has 3 N–H and O–H groups in total. The van der Waals surface area contributed by atoms with Gasteiger partial charge >= 0.3 is 0 Å². The Morgan fingerprint density at radius 2 is 1.80 bits per heavy atom. The lowest BCUT2D eigenvalue weighted by atomic mass is 10.3. The topological polar surface area (TPSA) is 49.5 Å². The Bertz CT molecular complexity index is 209. The largest absolute Gasteiger partial charge is 0.273 e. The van der Waals surface area contributed by atoms with E-state index in [9.17, 15) is 0 Å². The number of hydrazine groups is 1. The Kier molecular flexibility index (Phi) is 2.11. The molecule has 1 aromatic rings. The van der Waals surface area contributed by atoms with E-state index in [4.69, 9.17) is 22.7 Å². The van der Waals surface area contributed by atoms with Gasteiger partial charge in [-0.05, 0) is 24.3 Å². The lowest BCUT2D eigenvalue weighted by molar-refractivity contribution is 0.258. The first-order valence-electron chi connectivity index (χ1n) is 2.69. The monoisotopic (exact) mass is 158 g/mol. The molecule has 54 valence electrons. The average Bonchev–Trinajstić information content (AvgIpc) is 1.88. The number of benzene rings is 1. The molecule has 3 nitrogen and oxygen atoms in total. The summed E-state index contributed by atoms with van der Waals surface area (Å²) in [5.41, 5.74) is 0.504. The maximum absolute atomic E-state index is 8.68. The van der Waals surface area contributed by atoms with Crippen molar-refractivity contribution in [3.63, 3.8) is 0 Å². The molecular formula is C6H7ClN2O. The highest BCUT2D eigenvalue weighted by Crippen LogP contribution is 2.13. The zero-order valence-electron chi connectivity index (χ0n) is 5.16. The third-order valence-corrected chi connectivity index (χ3v) is 1.34. The fourth-order valence-electron chi connectivity index (χ4n) is 0.594. The summed E-state index contributed by atoms with van der Waals surface area (Å²) in [5.74, 6) is 5.01. The SMILES string of the molecule is NN(O)c1ccc(Cl)cc1. The number of hydrogen-bond donors (Lipinski definition) is 2. The normalized spacial score (nSPS) is 9.50. The van der Waals surface area contributed by atoms with E-state index in [1.165, 1.54) is 0 Å². The van der Waals surface area contributed by atoms with Gasteiger partial charge in [0.1, 0.15) is 0 Å². The van der Waals surface area contributed by atoms with Gasteiger partial charge in [0.25, 0.3) is 0 Å². The molecule has 0 saturated heterocycles.